The summed E-state index contributed by atoms with van der Waals surface area (Å²) in [6.07, 6.45) is 0. The molecule has 122 valence electrons. The summed E-state index contributed by atoms with van der Waals surface area (Å²) in [5, 5.41) is 19.7. The number of hydrogen-bond donors (Lipinski definition) is 2. The largest absolute Gasteiger partial charge is 0.507 e. The molecule has 0 amide bonds. The van der Waals surface area contributed by atoms with Gasteiger partial charge in [-0.3, -0.25) is 0 Å². The lowest BCUT2D eigenvalue weighted by molar-refractivity contribution is 0.471. The summed E-state index contributed by atoms with van der Waals surface area (Å²) in [5.41, 5.74) is 2.76. The second kappa shape index (κ2) is 6.61. The normalized spacial score (nSPS) is 11.5. The fourth-order valence-corrected chi connectivity index (χ4v) is 3.66. The zero-order chi connectivity index (χ0) is 17.3. The highest BCUT2D eigenvalue weighted by Crippen LogP contribution is 2.42. The van der Waals surface area contributed by atoms with Crippen molar-refractivity contribution in [3.8, 4) is 11.5 Å². The van der Waals surface area contributed by atoms with E-state index in [9.17, 15) is 10.2 Å². The highest BCUT2D eigenvalue weighted by atomic mass is 79.9. The van der Waals surface area contributed by atoms with Crippen molar-refractivity contribution in [2.45, 2.75) is 12.3 Å². The first-order valence-corrected chi connectivity index (χ1v) is 9.05. The number of phenols is 2. The maximum absolute atomic E-state index is 9.84. The molecule has 0 heterocycles. The Hall–Kier alpha value is -1.78. The Kier molecular flexibility index (Phi) is 4.70. The lowest BCUT2D eigenvalue weighted by atomic mass is 9.71. The molecule has 2 N–H and O–H groups in total. The number of benzene rings is 3. The standard InChI is InChI=1S/C20H16Br2O2/c1-20(13-5-3-2-4-6-13,14-7-9-18(23)16(21)11-14)15-8-10-19(24)17(22)12-15/h2-12,23-24H,1H3. The van der Waals surface area contributed by atoms with E-state index < -0.39 is 5.41 Å². The predicted octanol–water partition coefficient (Wildman–Crippen LogP) is 5.98. The van der Waals surface area contributed by atoms with Crippen molar-refractivity contribution >= 4 is 31.9 Å². The Morgan fingerprint density at radius 3 is 1.54 bits per heavy atom. The maximum Gasteiger partial charge on any atom is 0.129 e. The Balaban J connectivity index is 2.28. The Bertz CT molecular complexity index is 825. The van der Waals surface area contributed by atoms with Gasteiger partial charge in [0.05, 0.1) is 8.95 Å². The van der Waals surface area contributed by atoms with Crippen LogP contribution in [0, 0.1) is 0 Å². The molecule has 2 nitrogen and oxygen atoms in total. The third-order valence-electron chi connectivity index (χ3n) is 4.40. The fourth-order valence-electron chi connectivity index (χ4n) is 2.91. The van der Waals surface area contributed by atoms with Gasteiger partial charge in [-0.15, -0.1) is 0 Å². The first-order chi connectivity index (χ1) is 11.4. The quantitative estimate of drug-likeness (QED) is 0.485. The Labute approximate surface area is 158 Å². The molecule has 4 heteroatoms. The summed E-state index contributed by atoms with van der Waals surface area (Å²) in [6, 6.07) is 21.3. The smallest absolute Gasteiger partial charge is 0.129 e. The van der Waals surface area contributed by atoms with E-state index >= 15 is 0 Å². The lowest BCUT2D eigenvalue weighted by Gasteiger charge is -2.32. The number of halogens is 2. The van der Waals surface area contributed by atoms with Gasteiger partial charge >= 0.3 is 0 Å². The van der Waals surface area contributed by atoms with Crippen LogP contribution in [0.3, 0.4) is 0 Å². The first kappa shape index (κ1) is 17.1. The van der Waals surface area contributed by atoms with Gasteiger partial charge in [0.1, 0.15) is 11.5 Å². The van der Waals surface area contributed by atoms with Gasteiger partial charge in [-0.2, -0.15) is 0 Å². The lowest BCUT2D eigenvalue weighted by Crippen LogP contribution is -2.25. The zero-order valence-corrected chi connectivity index (χ0v) is 16.2. The van der Waals surface area contributed by atoms with Crippen molar-refractivity contribution in [1.29, 1.82) is 0 Å². The molecule has 0 unspecified atom stereocenters. The molecule has 0 bridgehead atoms. The van der Waals surface area contributed by atoms with Crippen LogP contribution in [-0.4, -0.2) is 10.2 Å². The summed E-state index contributed by atoms with van der Waals surface area (Å²) >= 11 is 6.82. The third-order valence-corrected chi connectivity index (χ3v) is 5.67. The highest BCUT2D eigenvalue weighted by Gasteiger charge is 2.32. The molecule has 0 fully saturated rings. The van der Waals surface area contributed by atoms with Crippen molar-refractivity contribution in [2.24, 2.45) is 0 Å². The van der Waals surface area contributed by atoms with Crippen LogP contribution in [-0.2, 0) is 5.41 Å². The van der Waals surface area contributed by atoms with Crippen LogP contribution in [0.4, 0.5) is 0 Å². The predicted molar refractivity (Wildman–Crippen MR) is 104 cm³/mol. The van der Waals surface area contributed by atoms with Crippen molar-refractivity contribution in [3.05, 3.63) is 92.4 Å². The van der Waals surface area contributed by atoms with Crippen LogP contribution >= 0.6 is 31.9 Å². The first-order valence-electron chi connectivity index (χ1n) is 7.46. The van der Waals surface area contributed by atoms with E-state index in [4.69, 9.17) is 0 Å². The van der Waals surface area contributed by atoms with E-state index in [1.807, 2.05) is 42.5 Å². The van der Waals surface area contributed by atoms with Crippen molar-refractivity contribution in [1.82, 2.24) is 0 Å². The van der Waals surface area contributed by atoms with Gasteiger partial charge in [0.2, 0.25) is 0 Å². The van der Waals surface area contributed by atoms with Gasteiger partial charge < -0.3 is 10.2 Å². The molecule has 0 radical (unpaired) electrons. The molecule has 0 saturated carbocycles. The van der Waals surface area contributed by atoms with Gasteiger partial charge in [0.15, 0.2) is 0 Å². The van der Waals surface area contributed by atoms with Gasteiger partial charge in [0.25, 0.3) is 0 Å². The minimum atomic E-state index is -0.437. The minimum Gasteiger partial charge on any atom is -0.507 e. The third kappa shape index (κ3) is 2.96. The van der Waals surface area contributed by atoms with E-state index in [0.29, 0.717) is 8.95 Å². The number of hydrogen-bond acceptors (Lipinski definition) is 2. The molecular formula is C20H16Br2O2. The second-order valence-corrected chi connectivity index (χ2v) is 7.53. The fraction of sp³-hybridized carbons (Fsp3) is 0.100. The molecule has 0 aliphatic carbocycles. The van der Waals surface area contributed by atoms with E-state index in [2.05, 4.69) is 50.9 Å². The van der Waals surface area contributed by atoms with Crippen LogP contribution in [0.2, 0.25) is 0 Å². The van der Waals surface area contributed by atoms with Crippen LogP contribution < -0.4 is 0 Å². The van der Waals surface area contributed by atoms with Crippen molar-refractivity contribution < 1.29 is 10.2 Å². The van der Waals surface area contributed by atoms with E-state index in [-0.39, 0.29) is 11.5 Å². The Morgan fingerprint density at radius 2 is 1.12 bits per heavy atom. The van der Waals surface area contributed by atoms with Gasteiger partial charge in [-0.25, -0.2) is 0 Å². The number of rotatable bonds is 3. The van der Waals surface area contributed by atoms with Crippen molar-refractivity contribution in [2.75, 3.05) is 0 Å². The molecule has 3 aromatic carbocycles. The van der Waals surface area contributed by atoms with E-state index in [1.54, 1.807) is 12.1 Å². The summed E-state index contributed by atoms with van der Waals surface area (Å²) in [6.45, 7) is 2.14. The van der Waals surface area contributed by atoms with Crippen LogP contribution in [0.5, 0.6) is 11.5 Å². The van der Waals surface area contributed by atoms with Crippen molar-refractivity contribution in [3.63, 3.8) is 0 Å². The topological polar surface area (TPSA) is 40.5 Å². The maximum atomic E-state index is 9.84. The molecule has 24 heavy (non-hydrogen) atoms. The van der Waals surface area contributed by atoms with Gasteiger partial charge in [0, 0.05) is 5.41 Å². The molecule has 3 rings (SSSR count). The average Bonchev–Trinajstić information content (AvgIpc) is 2.60. The minimum absolute atomic E-state index is 0.209. The van der Waals surface area contributed by atoms with Crippen LogP contribution in [0.25, 0.3) is 0 Å². The summed E-state index contributed by atoms with van der Waals surface area (Å²) in [5.74, 6) is 0.419. The molecule has 0 saturated heterocycles. The monoisotopic (exact) mass is 446 g/mol. The second-order valence-electron chi connectivity index (χ2n) is 5.82. The summed E-state index contributed by atoms with van der Waals surface area (Å²) < 4.78 is 1.31. The molecule has 0 aliphatic heterocycles. The van der Waals surface area contributed by atoms with Crippen LogP contribution in [0.1, 0.15) is 23.6 Å². The average molecular weight is 448 g/mol. The molecule has 0 aliphatic rings. The summed E-state index contributed by atoms with van der Waals surface area (Å²) in [7, 11) is 0. The molecule has 3 aromatic rings. The zero-order valence-electron chi connectivity index (χ0n) is 13.0. The molecule has 0 spiro atoms. The Morgan fingerprint density at radius 1 is 0.667 bits per heavy atom. The van der Waals surface area contributed by atoms with Crippen LogP contribution in [0.15, 0.2) is 75.7 Å². The highest BCUT2D eigenvalue weighted by molar-refractivity contribution is 9.10. The number of phenolic OH excluding ortho intramolecular Hbond substituents is 2. The molecule has 0 aromatic heterocycles. The molecular weight excluding hydrogens is 432 g/mol. The van der Waals surface area contributed by atoms with Gasteiger partial charge in [-0.05, 0) is 79.7 Å². The van der Waals surface area contributed by atoms with E-state index in [0.717, 1.165) is 16.7 Å². The van der Waals surface area contributed by atoms with E-state index in [1.165, 1.54) is 0 Å². The SMILES string of the molecule is CC(c1ccccc1)(c1ccc(O)c(Br)c1)c1ccc(O)c(Br)c1. The molecule has 0 atom stereocenters. The van der Waals surface area contributed by atoms with Gasteiger partial charge in [-0.1, -0.05) is 42.5 Å². The number of aromatic hydroxyl groups is 2. The summed E-state index contributed by atoms with van der Waals surface area (Å²) in [4.78, 5) is 0.